The van der Waals surface area contributed by atoms with E-state index >= 15 is 0 Å². The van der Waals surface area contributed by atoms with Gasteiger partial charge in [-0.3, -0.25) is 9.00 Å². The highest BCUT2D eigenvalue weighted by molar-refractivity contribution is 7.80. The summed E-state index contributed by atoms with van der Waals surface area (Å²) in [7, 11) is 0. The molecule has 0 aliphatic heterocycles. The fraction of sp³-hybridized carbons (Fsp3) is 0.923. The molecule has 0 N–H and O–H groups in total. The molecular formula is C13H17F2O4S-. The van der Waals surface area contributed by atoms with Gasteiger partial charge in [-0.05, 0) is 56.3 Å². The van der Waals surface area contributed by atoms with E-state index in [0.717, 1.165) is 19.3 Å². The van der Waals surface area contributed by atoms with Crippen molar-refractivity contribution >= 4 is 17.0 Å². The molecule has 0 aromatic heterocycles. The molecule has 0 aromatic rings. The molecule has 0 radical (unpaired) electrons. The Morgan fingerprint density at radius 1 is 1.20 bits per heavy atom. The van der Waals surface area contributed by atoms with Crippen LogP contribution >= 0.6 is 0 Å². The Morgan fingerprint density at radius 2 is 1.65 bits per heavy atom. The topological polar surface area (TPSA) is 66.4 Å². The summed E-state index contributed by atoms with van der Waals surface area (Å²) in [6.07, 6.45) is 5.53. The van der Waals surface area contributed by atoms with Gasteiger partial charge in [0.15, 0.2) is 6.61 Å². The van der Waals surface area contributed by atoms with Crippen molar-refractivity contribution in [1.82, 2.24) is 0 Å². The standard InChI is InChI=1S/C13H18F2O4S/c14-13(15,20(17)18)7-19-11(16)12-4-8-1-9(5-12)3-10(2-8)6-12/h8-10H,1-7H2,(H,17,18)/p-1. The average molecular weight is 307 g/mol. The second kappa shape index (κ2) is 4.73. The van der Waals surface area contributed by atoms with Crippen LogP contribution in [0.15, 0.2) is 0 Å². The first-order chi connectivity index (χ1) is 9.31. The first-order valence-electron chi connectivity index (χ1n) is 6.95. The van der Waals surface area contributed by atoms with Gasteiger partial charge in [0.2, 0.25) is 0 Å². The first kappa shape index (κ1) is 14.4. The van der Waals surface area contributed by atoms with Gasteiger partial charge in [-0.15, -0.1) is 0 Å². The largest absolute Gasteiger partial charge is 0.768 e. The summed E-state index contributed by atoms with van der Waals surface area (Å²) in [5.74, 6) is 0.885. The zero-order valence-electron chi connectivity index (χ0n) is 11.0. The van der Waals surface area contributed by atoms with Crippen molar-refractivity contribution in [3.63, 3.8) is 0 Å². The third-order valence-electron chi connectivity index (χ3n) is 5.09. The van der Waals surface area contributed by atoms with Gasteiger partial charge in [0.05, 0.1) is 5.41 Å². The molecule has 20 heavy (non-hydrogen) atoms. The highest BCUT2D eigenvalue weighted by Crippen LogP contribution is 2.60. The Balaban J connectivity index is 1.67. The fourth-order valence-corrected chi connectivity index (χ4v) is 4.87. The molecule has 4 saturated carbocycles. The zero-order valence-corrected chi connectivity index (χ0v) is 11.8. The van der Waals surface area contributed by atoms with Gasteiger partial charge in [0.1, 0.15) is 0 Å². The van der Waals surface area contributed by atoms with Gasteiger partial charge in [-0.1, -0.05) is 0 Å². The summed E-state index contributed by atoms with van der Waals surface area (Å²) >= 11 is -3.56. The number of alkyl halides is 2. The average Bonchev–Trinajstić information content (AvgIpc) is 2.34. The van der Waals surface area contributed by atoms with Crippen molar-refractivity contribution in [3.8, 4) is 0 Å². The number of carbonyl (C=O) groups excluding carboxylic acids is 1. The molecule has 4 nitrogen and oxygen atoms in total. The summed E-state index contributed by atoms with van der Waals surface area (Å²) in [5, 5.41) is -4.00. The molecule has 7 heteroatoms. The van der Waals surface area contributed by atoms with Gasteiger partial charge in [-0.2, -0.15) is 8.78 Å². The Labute approximate surface area is 118 Å². The van der Waals surface area contributed by atoms with Gasteiger partial charge >= 0.3 is 11.2 Å². The molecule has 0 aromatic carbocycles. The lowest BCUT2D eigenvalue weighted by Crippen LogP contribution is -2.51. The second-order valence-corrected chi connectivity index (χ2v) is 7.71. The van der Waals surface area contributed by atoms with E-state index in [4.69, 9.17) is 0 Å². The molecule has 1 atom stereocenters. The SMILES string of the molecule is O=C(OCC(F)(F)S(=O)[O-])C12CC3CC(CC(C3)C1)C2. The van der Waals surface area contributed by atoms with E-state index in [0.29, 0.717) is 37.0 Å². The molecule has 4 aliphatic carbocycles. The monoisotopic (exact) mass is 307 g/mol. The highest BCUT2D eigenvalue weighted by atomic mass is 32.2. The predicted molar refractivity (Wildman–Crippen MR) is 65.4 cm³/mol. The smallest absolute Gasteiger partial charge is 0.342 e. The van der Waals surface area contributed by atoms with Gasteiger partial charge in [-0.25, -0.2) is 0 Å². The van der Waals surface area contributed by atoms with Crippen molar-refractivity contribution in [3.05, 3.63) is 0 Å². The predicted octanol–water partition coefficient (Wildman–Crippen LogP) is 2.22. The van der Waals surface area contributed by atoms with Crippen LogP contribution in [-0.4, -0.2) is 26.6 Å². The van der Waals surface area contributed by atoms with Crippen LogP contribution in [0, 0.1) is 23.2 Å². The minimum absolute atomic E-state index is 0.503. The van der Waals surface area contributed by atoms with Crippen molar-refractivity contribution in [2.24, 2.45) is 23.2 Å². The zero-order chi connectivity index (χ0) is 14.5. The lowest BCUT2D eigenvalue weighted by Gasteiger charge is -2.55. The molecule has 0 heterocycles. The first-order valence-corrected chi connectivity index (χ1v) is 8.03. The maximum Gasteiger partial charge on any atom is 0.342 e. The van der Waals surface area contributed by atoms with Crippen LogP contribution in [-0.2, 0) is 20.6 Å². The minimum atomic E-state index is -4.00. The molecule has 4 aliphatic rings. The molecule has 0 saturated heterocycles. The number of carbonyl (C=O) groups is 1. The van der Waals surface area contributed by atoms with E-state index in [2.05, 4.69) is 4.74 Å². The van der Waals surface area contributed by atoms with Gasteiger partial charge in [0, 0.05) is 11.1 Å². The van der Waals surface area contributed by atoms with Gasteiger partial charge < -0.3 is 9.29 Å². The number of esters is 1. The minimum Gasteiger partial charge on any atom is -0.768 e. The number of halogens is 2. The summed E-state index contributed by atoms with van der Waals surface area (Å²) in [4.78, 5) is 12.2. The van der Waals surface area contributed by atoms with Gasteiger partial charge in [0.25, 0.3) is 0 Å². The molecule has 0 spiro atoms. The fourth-order valence-electron chi connectivity index (χ4n) is 4.71. The summed E-state index contributed by atoms with van der Waals surface area (Å²) < 4.78 is 51.3. The Morgan fingerprint density at radius 3 is 2.05 bits per heavy atom. The van der Waals surface area contributed by atoms with E-state index in [1.165, 1.54) is 0 Å². The highest BCUT2D eigenvalue weighted by Gasteiger charge is 2.55. The number of rotatable bonds is 4. The van der Waals surface area contributed by atoms with E-state index in [1.807, 2.05) is 0 Å². The summed E-state index contributed by atoms with van der Waals surface area (Å²) in [5.41, 5.74) is -0.630. The van der Waals surface area contributed by atoms with Crippen LogP contribution < -0.4 is 0 Å². The number of ether oxygens (including phenoxy) is 1. The van der Waals surface area contributed by atoms with Crippen molar-refractivity contribution in [2.75, 3.05) is 6.61 Å². The third-order valence-corrected chi connectivity index (χ3v) is 5.69. The van der Waals surface area contributed by atoms with Crippen LogP contribution in [0.1, 0.15) is 38.5 Å². The molecule has 1 unspecified atom stereocenters. The Kier molecular flexibility index (Phi) is 3.40. The van der Waals surface area contributed by atoms with Crippen LogP contribution in [0.25, 0.3) is 0 Å². The molecule has 0 amide bonds. The number of hydrogen-bond acceptors (Lipinski definition) is 4. The van der Waals surface area contributed by atoms with Crippen LogP contribution in [0.4, 0.5) is 8.78 Å². The van der Waals surface area contributed by atoms with Crippen molar-refractivity contribution < 1.29 is 27.1 Å². The number of hydrogen-bond donors (Lipinski definition) is 0. The molecular weight excluding hydrogens is 290 g/mol. The Hall–Kier alpha value is -0.560. The summed E-state index contributed by atoms with van der Waals surface area (Å²) in [6.45, 7) is -1.37. The molecule has 4 rings (SSSR count). The van der Waals surface area contributed by atoms with E-state index in [-0.39, 0.29) is 0 Å². The molecule has 4 fully saturated rings. The van der Waals surface area contributed by atoms with Crippen LogP contribution in [0.3, 0.4) is 0 Å². The molecule has 114 valence electrons. The maximum absolute atomic E-state index is 13.0. The normalized spacial score (nSPS) is 40.6. The third kappa shape index (κ3) is 2.39. The van der Waals surface area contributed by atoms with E-state index in [9.17, 15) is 22.3 Å². The van der Waals surface area contributed by atoms with Crippen LogP contribution in [0.2, 0.25) is 0 Å². The lowest BCUT2D eigenvalue weighted by atomic mass is 9.49. The van der Waals surface area contributed by atoms with E-state index < -0.39 is 34.3 Å². The lowest BCUT2D eigenvalue weighted by molar-refractivity contribution is -0.176. The maximum atomic E-state index is 13.0. The van der Waals surface area contributed by atoms with E-state index in [1.54, 1.807) is 0 Å². The van der Waals surface area contributed by atoms with Crippen LogP contribution in [0.5, 0.6) is 0 Å². The van der Waals surface area contributed by atoms with Crippen molar-refractivity contribution in [1.29, 1.82) is 0 Å². The summed E-state index contributed by atoms with van der Waals surface area (Å²) in [6, 6.07) is 0. The quantitative estimate of drug-likeness (QED) is 0.590. The van der Waals surface area contributed by atoms with Crippen molar-refractivity contribution in [2.45, 2.75) is 43.8 Å². The second-order valence-electron chi connectivity index (χ2n) is 6.65. The Bertz CT molecular complexity index is 416. The molecule has 4 bridgehead atoms.